The summed E-state index contributed by atoms with van der Waals surface area (Å²) < 4.78 is 14.2. The predicted molar refractivity (Wildman–Crippen MR) is 90.5 cm³/mol. The normalized spacial score (nSPS) is 15.2. The van der Waals surface area contributed by atoms with Gasteiger partial charge in [-0.15, -0.1) is 0 Å². The van der Waals surface area contributed by atoms with Crippen molar-refractivity contribution in [3.63, 3.8) is 0 Å². The predicted octanol–water partition coefficient (Wildman–Crippen LogP) is 1.43. The summed E-state index contributed by atoms with van der Waals surface area (Å²) in [4.78, 5) is 43.6. The Balaban J connectivity index is 1.73. The lowest BCUT2D eigenvalue weighted by Gasteiger charge is -2.30. The van der Waals surface area contributed by atoms with E-state index >= 15 is 0 Å². The summed E-state index contributed by atoms with van der Waals surface area (Å²) in [7, 11) is 0. The summed E-state index contributed by atoms with van der Waals surface area (Å²) in [6, 6.07) is 2.40. The van der Waals surface area contributed by atoms with Crippen LogP contribution in [0.2, 0.25) is 0 Å². The van der Waals surface area contributed by atoms with Gasteiger partial charge in [-0.25, -0.2) is 9.37 Å². The number of hydrogen-bond acceptors (Lipinski definition) is 4. The number of carbonyl (C=O) groups is 2. The van der Waals surface area contributed by atoms with Crippen molar-refractivity contribution in [3.8, 4) is 0 Å². The molecule has 1 aromatic heterocycles. The lowest BCUT2D eigenvalue weighted by molar-refractivity contribution is -0.130. The molecule has 0 atom stereocenters. The van der Waals surface area contributed by atoms with Crippen LogP contribution in [0.1, 0.15) is 12.8 Å². The van der Waals surface area contributed by atoms with Crippen LogP contribution in [0.25, 0.3) is 10.9 Å². The van der Waals surface area contributed by atoms with E-state index in [1.807, 2.05) is 0 Å². The molecule has 0 aliphatic carbocycles. The van der Waals surface area contributed by atoms with E-state index in [1.165, 1.54) is 18.5 Å². The lowest BCUT2D eigenvalue weighted by Crippen LogP contribution is -2.40. The number of aromatic amines is 1. The number of rotatable bonds is 3. The highest BCUT2D eigenvalue weighted by Crippen LogP contribution is 2.23. The highest BCUT2D eigenvalue weighted by atomic mass is 19.1. The number of nitrogens with one attached hydrogen (secondary N) is 2. The van der Waals surface area contributed by atoms with Crippen LogP contribution in [0.3, 0.4) is 0 Å². The fraction of sp³-hybridized carbons (Fsp3) is 0.294. The number of H-pyrrole nitrogens is 1. The van der Waals surface area contributed by atoms with E-state index in [2.05, 4.69) is 21.9 Å². The molecule has 2 aromatic rings. The van der Waals surface area contributed by atoms with Crippen molar-refractivity contribution in [2.24, 2.45) is 5.92 Å². The van der Waals surface area contributed by atoms with E-state index in [0.29, 0.717) is 25.9 Å². The summed E-state index contributed by atoms with van der Waals surface area (Å²) in [5.74, 6) is -1.47. The minimum atomic E-state index is -0.654. The van der Waals surface area contributed by atoms with Gasteiger partial charge in [0.2, 0.25) is 11.8 Å². The van der Waals surface area contributed by atoms with Gasteiger partial charge in [0.1, 0.15) is 5.82 Å². The number of aromatic nitrogens is 2. The zero-order valence-corrected chi connectivity index (χ0v) is 13.4. The first-order valence-corrected chi connectivity index (χ1v) is 7.88. The van der Waals surface area contributed by atoms with Gasteiger partial charge in [0.05, 0.1) is 22.9 Å². The van der Waals surface area contributed by atoms with Gasteiger partial charge in [0.15, 0.2) is 0 Å². The maximum atomic E-state index is 14.2. The van der Waals surface area contributed by atoms with Gasteiger partial charge < -0.3 is 15.2 Å². The van der Waals surface area contributed by atoms with Gasteiger partial charge in [-0.05, 0) is 25.0 Å². The van der Waals surface area contributed by atoms with Gasteiger partial charge in [-0.2, -0.15) is 0 Å². The fourth-order valence-corrected chi connectivity index (χ4v) is 2.91. The van der Waals surface area contributed by atoms with E-state index in [-0.39, 0.29) is 34.3 Å². The Morgan fingerprint density at radius 3 is 2.76 bits per heavy atom. The molecule has 130 valence electrons. The Morgan fingerprint density at radius 1 is 1.36 bits per heavy atom. The smallest absolute Gasteiger partial charge is 0.258 e. The van der Waals surface area contributed by atoms with Crippen LogP contribution in [-0.2, 0) is 9.59 Å². The first-order chi connectivity index (χ1) is 12.0. The van der Waals surface area contributed by atoms with Crippen LogP contribution in [-0.4, -0.2) is 39.8 Å². The quantitative estimate of drug-likeness (QED) is 0.824. The Hall–Kier alpha value is -3.03. The Kier molecular flexibility index (Phi) is 4.60. The molecule has 0 saturated carbocycles. The van der Waals surface area contributed by atoms with Gasteiger partial charge in [-0.1, -0.05) is 6.58 Å². The number of amides is 2. The molecule has 25 heavy (non-hydrogen) atoms. The number of halogens is 1. The lowest BCUT2D eigenvalue weighted by atomic mass is 9.95. The van der Waals surface area contributed by atoms with Crippen molar-refractivity contribution in [1.29, 1.82) is 0 Å². The van der Waals surface area contributed by atoms with Crippen molar-refractivity contribution < 1.29 is 14.0 Å². The molecule has 2 amide bonds. The first kappa shape index (κ1) is 16.8. The van der Waals surface area contributed by atoms with Crippen molar-refractivity contribution in [2.75, 3.05) is 18.4 Å². The molecule has 1 saturated heterocycles. The third kappa shape index (κ3) is 3.42. The monoisotopic (exact) mass is 344 g/mol. The van der Waals surface area contributed by atoms with E-state index in [4.69, 9.17) is 0 Å². The Bertz CT molecular complexity index is 900. The highest BCUT2D eigenvalue weighted by molar-refractivity contribution is 5.95. The van der Waals surface area contributed by atoms with Crippen LogP contribution < -0.4 is 10.9 Å². The zero-order chi connectivity index (χ0) is 18.0. The summed E-state index contributed by atoms with van der Waals surface area (Å²) >= 11 is 0. The minimum Gasteiger partial charge on any atom is -0.339 e. The average Bonchev–Trinajstić information content (AvgIpc) is 2.62. The van der Waals surface area contributed by atoms with Gasteiger partial charge in [0, 0.05) is 25.1 Å². The number of fused-ring (bicyclic) bond motifs is 1. The molecular formula is C17H17FN4O3. The SMILES string of the molecule is C=CC(=O)N1CCC(C(=O)Nc2cc3c(=O)[nH]cnc3cc2F)CC1. The van der Waals surface area contributed by atoms with Crippen LogP contribution in [0.15, 0.2) is 35.9 Å². The van der Waals surface area contributed by atoms with Crippen LogP contribution >= 0.6 is 0 Å². The third-order valence-corrected chi connectivity index (χ3v) is 4.34. The summed E-state index contributed by atoms with van der Waals surface area (Å²) in [6.45, 7) is 4.34. The molecule has 2 heterocycles. The summed E-state index contributed by atoms with van der Waals surface area (Å²) in [6.07, 6.45) is 3.42. The molecule has 1 aliphatic heterocycles. The van der Waals surface area contributed by atoms with Gasteiger partial charge >= 0.3 is 0 Å². The molecule has 0 unspecified atom stereocenters. The van der Waals surface area contributed by atoms with Crippen molar-refractivity contribution >= 4 is 28.4 Å². The number of likely N-dealkylation sites (tertiary alicyclic amines) is 1. The third-order valence-electron chi connectivity index (χ3n) is 4.34. The molecule has 1 fully saturated rings. The summed E-state index contributed by atoms with van der Waals surface area (Å²) in [5, 5.41) is 2.74. The van der Waals surface area contributed by atoms with E-state index in [1.54, 1.807) is 4.90 Å². The number of anilines is 1. The Labute approximate surface area is 142 Å². The first-order valence-electron chi connectivity index (χ1n) is 7.88. The van der Waals surface area contributed by atoms with Crippen molar-refractivity contribution in [2.45, 2.75) is 12.8 Å². The molecular weight excluding hydrogens is 327 g/mol. The van der Waals surface area contributed by atoms with Gasteiger partial charge in [-0.3, -0.25) is 14.4 Å². The number of benzene rings is 1. The second kappa shape index (κ2) is 6.84. The largest absolute Gasteiger partial charge is 0.339 e. The van der Waals surface area contributed by atoms with Crippen molar-refractivity contribution in [3.05, 3.63) is 47.3 Å². The van der Waals surface area contributed by atoms with E-state index in [9.17, 15) is 18.8 Å². The number of piperidine rings is 1. The standard InChI is InChI=1S/C17H17FN4O3/c1-2-15(23)22-5-3-10(4-6-22)16(24)21-14-7-11-13(8-12(14)18)19-9-20-17(11)25/h2,7-10H,1,3-6H2,(H,21,24)(H,19,20,25). The maximum absolute atomic E-state index is 14.2. The molecule has 0 radical (unpaired) electrons. The summed E-state index contributed by atoms with van der Waals surface area (Å²) in [5.41, 5.74) is -0.243. The van der Waals surface area contributed by atoms with Gasteiger partial charge in [0.25, 0.3) is 5.56 Å². The number of carbonyl (C=O) groups excluding carboxylic acids is 2. The molecule has 8 heteroatoms. The number of nitrogens with zero attached hydrogens (tertiary/aromatic N) is 2. The van der Waals surface area contributed by atoms with Crippen LogP contribution in [0.4, 0.5) is 10.1 Å². The van der Waals surface area contributed by atoms with Crippen molar-refractivity contribution in [1.82, 2.24) is 14.9 Å². The van der Waals surface area contributed by atoms with Crippen LogP contribution in [0.5, 0.6) is 0 Å². The molecule has 1 aromatic carbocycles. The fourth-order valence-electron chi connectivity index (χ4n) is 2.91. The van der Waals surface area contributed by atoms with Crippen LogP contribution in [0, 0.1) is 11.7 Å². The minimum absolute atomic E-state index is 0.0550. The maximum Gasteiger partial charge on any atom is 0.258 e. The second-order valence-corrected chi connectivity index (χ2v) is 5.87. The molecule has 1 aliphatic rings. The highest BCUT2D eigenvalue weighted by Gasteiger charge is 2.27. The molecule has 3 rings (SSSR count). The average molecular weight is 344 g/mol. The molecule has 2 N–H and O–H groups in total. The zero-order valence-electron chi connectivity index (χ0n) is 13.4. The molecule has 0 spiro atoms. The topological polar surface area (TPSA) is 95.2 Å². The second-order valence-electron chi connectivity index (χ2n) is 5.87. The molecule has 7 nitrogen and oxygen atoms in total. The van der Waals surface area contributed by atoms with E-state index < -0.39 is 11.4 Å². The Morgan fingerprint density at radius 2 is 2.08 bits per heavy atom. The molecule has 0 bridgehead atoms. The van der Waals surface area contributed by atoms with E-state index in [0.717, 1.165) is 6.07 Å². The number of hydrogen-bond donors (Lipinski definition) is 2.